The van der Waals surface area contributed by atoms with E-state index >= 15 is 0 Å². The molecule has 0 spiro atoms. The molecule has 0 unspecified atom stereocenters. The highest BCUT2D eigenvalue weighted by Crippen LogP contribution is 2.15. The van der Waals surface area contributed by atoms with E-state index in [1.807, 2.05) is 24.3 Å². The first-order valence-electron chi connectivity index (χ1n) is 5.96. The van der Waals surface area contributed by atoms with Gasteiger partial charge in [0.25, 0.3) is 0 Å². The molecule has 4 nitrogen and oxygen atoms in total. The molecule has 0 heterocycles. The Morgan fingerprint density at radius 2 is 1.78 bits per heavy atom. The molecule has 0 atom stereocenters. The monoisotopic (exact) mass is 249 g/mol. The fraction of sp³-hybridized carbons (Fsp3) is 0.429. The number of hydrogen-bond acceptors (Lipinski definition) is 2. The van der Waals surface area contributed by atoms with Crippen LogP contribution in [-0.2, 0) is 16.1 Å². The van der Waals surface area contributed by atoms with Crippen LogP contribution >= 0.6 is 0 Å². The van der Waals surface area contributed by atoms with Gasteiger partial charge in [-0.1, -0.05) is 38.1 Å². The van der Waals surface area contributed by atoms with Crippen LogP contribution in [0.1, 0.15) is 37.8 Å². The lowest BCUT2D eigenvalue weighted by Gasteiger charge is -2.19. The molecule has 0 aliphatic carbocycles. The van der Waals surface area contributed by atoms with Crippen molar-refractivity contribution in [2.24, 2.45) is 0 Å². The van der Waals surface area contributed by atoms with E-state index in [2.05, 4.69) is 13.8 Å². The molecule has 0 aliphatic heterocycles. The second-order valence-corrected chi connectivity index (χ2v) is 4.67. The number of carboxylic acids is 1. The zero-order valence-electron chi connectivity index (χ0n) is 11.0. The van der Waals surface area contributed by atoms with Crippen molar-refractivity contribution in [1.29, 1.82) is 0 Å². The molecular formula is C14H19NO3. The number of amides is 1. The number of hydrogen-bond donors (Lipinski definition) is 1. The molecule has 1 N–H and O–H groups in total. The van der Waals surface area contributed by atoms with Gasteiger partial charge in [0.1, 0.15) is 6.54 Å². The third kappa shape index (κ3) is 4.20. The van der Waals surface area contributed by atoms with Crippen LogP contribution in [0.3, 0.4) is 0 Å². The van der Waals surface area contributed by atoms with Crippen LogP contribution in [0.5, 0.6) is 0 Å². The van der Waals surface area contributed by atoms with Gasteiger partial charge in [0.05, 0.1) is 0 Å². The van der Waals surface area contributed by atoms with Crippen molar-refractivity contribution < 1.29 is 14.7 Å². The average molecular weight is 249 g/mol. The first kappa shape index (κ1) is 14.2. The van der Waals surface area contributed by atoms with Crippen LogP contribution in [0.4, 0.5) is 0 Å². The Labute approximate surface area is 107 Å². The quantitative estimate of drug-likeness (QED) is 0.870. The number of rotatable bonds is 5. The molecular weight excluding hydrogens is 230 g/mol. The highest BCUT2D eigenvalue weighted by molar-refractivity contribution is 5.79. The van der Waals surface area contributed by atoms with Crippen LogP contribution in [0.15, 0.2) is 24.3 Å². The van der Waals surface area contributed by atoms with E-state index in [1.54, 1.807) is 0 Å². The summed E-state index contributed by atoms with van der Waals surface area (Å²) in [5, 5.41) is 8.73. The smallest absolute Gasteiger partial charge is 0.323 e. The standard InChI is InChI=1S/C14H19NO3/c1-10(2)13-6-4-12(5-7-13)8-15(11(3)16)9-14(17)18/h4-7,10H,8-9H2,1-3H3,(H,17,18). The Morgan fingerprint density at radius 3 is 2.17 bits per heavy atom. The van der Waals surface area contributed by atoms with E-state index in [-0.39, 0.29) is 12.5 Å². The van der Waals surface area contributed by atoms with Crippen LogP contribution < -0.4 is 0 Å². The normalized spacial score (nSPS) is 10.4. The SMILES string of the molecule is CC(=O)N(CC(=O)O)Cc1ccc(C(C)C)cc1. The van der Waals surface area contributed by atoms with Crippen molar-refractivity contribution >= 4 is 11.9 Å². The number of benzene rings is 1. The Morgan fingerprint density at radius 1 is 1.22 bits per heavy atom. The molecule has 0 saturated heterocycles. The second-order valence-electron chi connectivity index (χ2n) is 4.67. The van der Waals surface area contributed by atoms with Gasteiger partial charge in [-0.05, 0) is 17.0 Å². The zero-order chi connectivity index (χ0) is 13.7. The van der Waals surface area contributed by atoms with Gasteiger partial charge in [0.2, 0.25) is 5.91 Å². The van der Waals surface area contributed by atoms with E-state index in [4.69, 9.17) is 5.11 Å². The minimum Gasteiger partial charge on any atom is -0.480 e. The maximum atomic E-state index is 11.3. The van der Waals surface area contributed by atoms with E-state index in [0.29, 0.717) is 12.5 Å². The lowest BCUT2D eigenvalue weighted by atomic mass is 10.0. The van der Waals surface area contributed by atoms with Gasteiger partial charge < -0.3 is 10.0 Å². The molecule has 4 heteroatoms. The van der Waals surface area contributed by atoms with E-state index in [1.165, 1.54) is 17.4 Å². The van der Waals surface area contributed by atoms with Crippen LogP contribution in [0, 0.1) is 0 Å². The zero-order valence-corrected chi connectivity index (χ0v) is 11.0. The van der Waals surface area contributed by atoms with Crippen molar-refractivity contribution in [3.63, 3.8) is 0 Å². The molecule has 0 bridgehead atoms. The molecule has 0 saturated carbocycles. The van der Waals surface area contributed by atoms with Gasteiger partial charge in [0.15, 0.2) is 0 Å². The van der Waals surface area contributed by atoms with Crippen LogP contribution in [-0.4, -0.2) is 28.4 Å². The summed E-state index contributed by atoms with van der Waals surface area (Å²) in [7, 11) is 0. The van der Waals surface area contributed by atoms with Crippen LogP contribution in [0.2, 0.25) is 0 Å². The minimum atomic E-state index is -0.996. The lowest BCUT2D eigenvalue weighted by molar-refractivity contribution is -0.144. The maximum Gasteiger partial charge on any atom is 0.323 e. The maximum absolute atomic E-state index is 11.3. The Kier molecular flexibility index (Phi) is 4.89. The van der Waals surface area contributed by atoms with Gasteiger partial charge in [-0.15, -0.1) is 0 Å². The summed E-state index contributed by atoms with van der Waals surface area (Å²) >= 11 is 0. The summed E-state index contributed by atoms with van der Waals surface area (Å²) in [6.07, 6.45) is 0. The molecule has 18 heavy (non-hydrogen) atoms. The van der Waals surface area contributed by atoms with Crippen molar-refractivity contribution in [2.45, 2.75) is 33.2 Å². The minimum absolute atomic E-state index is 0.231. The van der Waals surface area contributed by atoms with E-state index < -0.39 is 5.97 Å². The van der Waals surface area contributed by atoms with Gasteiger partial charge in [-0.2, -0.15) is 0 Å². The number of carbonyl (C=O) groups is 2. The van der Waals surface area contributed by atoms with Gasteiger partial charge in [-0.3, -0.25) is 9.59 Å². The van der Waals surface area contributed by atoms with E-state index in [9.17, 15) is 9.59 Å². The fourth-order valence-corrected chi connectivity index (χ4v) is 1.67. The summed E-state index contributed by atoms with van der Waals surface area (Å²) in [5.74, 6) is -0.767. The topological polar surface area (TPSA) is 57.6 Å². The highest BCUT2D eigenvalue weighted by atomic mass is 16.4. The predicted molar refractivity (Wildman–Crippen MR) is 69.3 cm³/mol. The summed E-state index contributed by atoms with van der Waals surface area (Å²) in [4.78, 5) is 23.3. The first-order chi connectivity index (χ1) is 8.40. The summed E-state index contributed by atoms with van der Waals surface area (Å²) < 4.78 is 0. The molecule has 1 amide bonds. The van der Waals surface area contributed by atoms with Gasteiger partial charge in [0, 0.05) is 13.5 Å². The molecule has 1 rings (SSSR count). The molecule has 0 radical (unpaired) electrons. The molecule has 0 aromatic heterocycles. The Hall–Kier alpha value is -1.84. The lowest BCUT2D eigenvalue weighted by Crippen LogP contribution is -2.33. The first-order valence-corrected chi connectivity index (χ1v) is 5.96. The highest BCUT2D eigenvalue weighted by Gasteiger charge is 2.13. The molecule has 1 aromatic rings. The van der Waals surface area contributed by atoms with Crippen molar-refractivity contribution in [1.82, 2.24) is 4.90 Å². The fourth-order valence-electron chi connectivity index (χ4n) is 1.67. The third-order valence-corrected chi connectivity index (χ3v) is 2.79. The third-order valence-electron chi connectivity index (χ3n) is 2.79. The molecule has 0 aliphatic rings. The van der Waals surface area contributed by atoms with Gasteiger partial charge in [-0.25, -0.2) is 0 Å². The van der Waals surface area contributed by atoms with Crippen molar-refractivity contribution in [2.75, 3.05) is 6.54 Å². The summed E-state index contributed by atoms with van der Waals surface area (Å²) in [6, 6.07) is 7.90. The molecule has 0 fully saturated rings. The predicted octanol–water partition coefficient (Wildman–Crippen LogP) is 2.24. The summed E-state index contributed by atoms with van der Waals surface area (Å²) in [6.45, 7) is 5.68. The molecule has 98 valence electrons. The average Bonchev–Trinajstić information content (AvgIpc) is 2.28. The number of aliphatic carboxylic acids is 1. The van der Waals surface area contributed by atoms with E-state index in [0.717, 1.165) is 5.56 Å². The molecule has 1 aromatic carbocycles. The second kappa shape index (κ2) is 6.19. The number of nitrogens with zero attached hydrogens (tertiary/aromatic N) is 1. The summed E-state index contributed by atoms with van der Waals surface area (Å²) in [5.41, 5.74) is 2.17. The largest absolute Gasteiger partial charge is 0.480 e. The van der Waals surface area contributed by atoms with Crippen LogP contribution in [0.25, 0.3) is 0 Å². The number of carboxylic acid groups (broad SMARTS) is 1. The number of carbonyl (C=O) groups excluding carboxylic acids is 1. The van der Waals surface area contributed by atoms with Crippen molar-refractivity contribution in [3.05, 3.63) is 35.4 Å². The van der Waals surface area contributed by atoms with Crippen molar-refractivity contribution in [3.8, 4) is 0 Å². The Bertz CT molecular complexity index is 423. The Balaban J connectivity index is 2.75. The van der Waals surface area contributed by atoms with Gasteiger partial charge >= 0.3 is 5.97 Å².